The number of rotatable bonds is 7. The summed E-state index contributed by atoms with van der Waals surface area (Å²) in [7, 11) is -0.233. The molecule has 6 heteroatoms. The van der Waals surface area contributed by atoms with E-state index in [0.29, 0.717) is 6.54 Å². The van der Waals surface area contributed by atoms with Crippen LogP contribution in [0.15, 0.2) is 68.3 Å². The molecule has 3 nitrogen and oxygen atoms in total. The third-order valence-corrected chi connectivity index (χ3v) is 6.05. The fourth-order valence-corrected chi connectivity index (χ4v) is 3.71. The number of likely N-dealkylation sites (N-methyl/N-ethyl adjacent to an activating group) is 1. The topological polar surface area (TPSA) is 32.7 Å². The van der Waals surface area contributed by atoms with E-state index >= 15 is 0 Å². The molecule has 2 aromatic rings. The third-order valence-electron chi connectivity index (χ3n) is 3.70. The first-order valence-electron chi connectivity index (χ1n) is 7.63. The summed E-state index contributed by atoms with van der Waals surface area (Å²) in [5.74, 6) is 0. The molecule has 0 amide bonds. The van der Waals surface area contributed by atoms with Crippen LogP contribution in [0.5, 0.6) is 0 Å². The summed E-state index contributed by atoms with van der Waals surface area (Å²) in [6, 6.07) is 18.0. The van der Waals surface area contributed by atoms with Crippen molar-refractivity contribution >= 4 is 38.1 Å². The highest BCUT2D eigenvalue weighted by Gasteiger charge is 2.06. The van der Waals surface area contributed by atoms with E-state index in [9.17, 15) is 4.21 Å². The van der Waals surface area contributed by atoms with Crippen LogP contribution in [0.2, 0.25) is 0 Å². The van der Waals surface area contributed by atoms with E-state index in [0.717, 1.165) is 28.9 Å². The van der Waals surface area contributed by atoms with Gasteiger partial charge in [0.05, 0.1) is 16.3 Å². The molecule has 2 rings (SSSR count). The summed E-state index contributed by atoms with van der Waals surface area (Å²) in [6.07, 6.45) is 2.73. The van der Waals surface area contributed by atoms with Gasteiger partial charge in [0.15, 0.2) is 0 Å². The second-order valence-corrected chi connectivity index (χ2v) is 8.90. The number of benzene rings is 2. The summed E-state index contributed by atoms with van der Waals surface area (Å²) in [4.78, 5) is 3.01. The van der Waals surface area contributed by atoms with Crippen molar-refractivity contribution in [2.75, 3.05) is 32.9 Å². The van der Waals surface area contributed by atoms with E-state index in [-0.39, 0.29) is 12.4 Å². The maximum atomic E-state index is 12.7. The van der Waals surface area contributed by atoms with Crippen molar-refractivity contribution in [3.05, 3.63) is 64.6 Å². The third kappa shape index (κ3) is 6.93. The maximum absolute atomic E-state index is 12.7. The first-order chi connectivity index (χ1) is 11.0. The Morgan fingerprint density at radius 2 is 1.67 bits per heavy atom. The van der Waals surface area contributed by atoms with Gasteiger partial charge in [0, 0.05) is 28.7 Å². The normalized spacial score (nSPS) is 13.2. The van der Waals surface area contributed by atoms with E-state index in [1.807, 2.05) is 30.3 Å². The van der Waals surface area contributed by atoms with Crippen LogP contribution >= 0.6 is 28.3 Å². The highest BCUT2D eigenvalue weighted by Crippen LogP contribution is 2.16. The van der Waals surface area contributed by atoms with Crippen LogP contribution < -0.4 is 0 Å². The Morgan fingerprint density at radius 3 is 2.29 bits per heavy atom. The number of nitrogens with zero attached hydrogens (tertiary/aromatic N) is 2. The van der Waals surface area contributed by atoms with Gasteiger partial charge >= 0.3 is 0 Å². The summed E-state index contributed by atoms with van der Waals surface area (Å²) < 4.78 is 18.1. The van der Waals surface area contributed by atoms with Crippen LogP contribution in [-0.2, 0) is 16.1 Å². The van der Waals surface area contributed by atoms with Gasteiger partial charge in [-0.25, -0.2) is 8.57 Å². The lowest BCUT2D eigenvalue weighted by atomic mass is 10.1. The molecule has 0 saturated carbocycles. The van der Waals surface area contributed by atoms with E-state index in [1.165, 1.54) is 5.56 Å². The predicted octanol–water partition coefficient (Wildman–Crippen LogP) is 4.50. The zero-order valence-electron chi connectivity index (χ0n) is 14.0. The first kappa shape index (κ1) is 21.2. The first-order valence-corrected chi connectivity index (χ1v) is 10.3. The Balaban J connectivity index is 0.00000288. The molecule has 0 aliphatic heterocycles. The van der Waals surface area contributed by atoms with E-state index in [4.69, 9.17) is 0 Å². The van der Waals surface area contributed by atoms with Crippen molar-refractivity contribution in [3.8, 4) is 0 Å². The highest BCUT2D eigenvalue weighted by molar-refractivity contribution is 9.10. The molecule has 0 aliphatic rings. The Labute approximate surface area is 160 Å². The molecular weight excluding hydrogens is 408 g/mol. The fraction of sp³-hybridized carbons (Fsp3) is 0.333. The summed E-state index contributed by atoms with van der Waals surface area (Å²) in [5.41, 5.74) is 1.34. The second kappa shape index (κ2) is 10.2. The molecule has 0 radical (unpaired) electrons. The zero-order chi connectivity index (χ0) is 16.7. The van der Waals surface area contributed by atoms with Crippen molar-refractivity contribution < 1.29 is 4.21 Å². The lowest BCUT2D eigenvalue weighted by molar-refractivity contribution is 0.348. The Hall–Kier alpha value is -0.880. The molecular formula is C18H24BrClN2OS. The second-order valence-electron chi connectivity index (χ2n) is 5.65. The molecule has 0 saturated heterocycles. The lowest BCUT2D eigenvalue weighted by Crippen LogP contribution is -2.24. The van der Waals surface area contributed by atoms with Gasteiger partial charge in [-0.1, -0.05) is 46.3 Å². The minimum atomic E-state index is -2.31. The Bertz CT molecular complexity index is 728. The maximum Gasteiger partial charge on any atom is 0.0723 e. The van der Waals surface area contributed by atoms with Crippen molar-refractivity contribution in [3.63, 3.8) is 0 Å². The molecule has 1 atom stereocenters. The minimum Gasteiger partial charge on any atom is -0.304 e. The Morgan fingerprint density at radius 1 is 1.04 bits per heavy atom. The molecule has 0 spiro atoms. The molecule has 0 aromatic heterocycles. The van der Waals surface area contributed by atoms with Crippen LogP contribution in [0, 0.1) is 0 Å². The van der Waals surface area contributed by atoms with E-state index in [2.05, 4.69) is 56.5 Å². The van der Waals surface area contributed by atoms with Crippen LogP contribution in [0.3, 0.4) is 0 Å². The highest BCUT2D eigenvalue weighted by atomic mass is 79.9. The number of halogens is 2. The van der Waals surface area contributed by atoms with Crippen molar-refractivity contribution in [2.24, 2.45) is 4.36 Å². The van der Waals surface area contributed by atoms with Crippen molar-refractivity contribution in [1.29, 1.82) is 0 Å². The van der Waals surface area contributed by atoms with Gasteiger partial charge in [-0.15, -0.1) is 12.4 Å². The SMILES string of the molecule is CN(CCN=S(C)(=O)c1ccc(Br)cc1)CCc1ccccc1.Cl. The van der Waals surface area contributed by atoms with Crippen molar-refractivity contribution in [2.45, 2.75) is 11.3 Å². The van der Waals surface area contributed by atoms with Crippen LogP contribution in [0.25, 0.3) is 0 Å². The molecule has 2 aromatic carbocycles. The van der Waals surface area contributed by atoms with Gasteiger partial charge in [0.2, 0.25) is 0 Å². The van der Waals surface area contributed by atoms with Gasteiger partial charge in [0.25, 0.3) is 0 Å². The van der Waals surface area contributed by atoms with Crippen LogP contribution in [0.4, 0.5) is 0 Å². The zero-order valence-corrected chi connectivity index (χ0v) is 17.2. The standard InChI is InChI=1S/C18H23BrN2OS.ClH/c1-21(14-12-16-6-4-3-5-7-16)15-13-20-23(2,22)18-10-8-17(19)9-11-18;/h3-11H,12-15H2,1-2H3;1H. The molecule has 1 unspecified atom stereocenters. The van der Waals surface area contributed by atoms with Crippen molar-refractivity contribution in [1.82, 2.24) is 4.90 Å². The van der Waals surface area contributed by atoms with E-state index < -0.39 is 9.73 Å². The van der Waals surface area contributed by atoms with Gasteiger partial charge in [-0.2, -0.15) is 0 Å². The summed E-state index contributed by atoms with van der Waals surface area (Å²) >= 11 is 3.39. The molecule has 0 aliphatic carbocycles. The molecule has 0 N–H and O–H groups in total. The molecule has 132 valence electrons. The van der Waals surface area contributed by atoms with Gasteiger partial charge in [0.1, 0.15) is 0 Å². The average Bonchev–Trinajstić information content (AvgIpc) is 2.54. The largest absolute Gasteiger partial charge is 0.304 e. The Kier molecular flexibility index (Phi) is 8.98. The summed E-state index contributed by atoms with van der Waals surface area (Å²) in [5, 5.41) is 0. The van der Waals surface area contributed by atoms with Crippen LogP contribution in [0.1, 0.15) is 5.56 Å². The molecule has 0 fully saturated rings. The van der Waals surface area contributed by atoms with Gasteiger partial charge < -0.3 is 4.90 Å². The van der Waals surface area contributed by atoms with Gasteiger partial charge in [-0.3, -0.25) is 0 Å². The number of hydrogen-bond donors (Lipinski definition) is 0. The molecule has 0 bridgehead atoms. The van der Waals surface area contributed by atoms with Crippen LogP contribution in [-0.4, -0.2) is 42.0 Å². The van der Waals surface area contributed by atoms with E-state index in [1.54, 1.807) is 6.26 Å². The lowest BCUT2D eigenvalue weighted by Gasteiger charge is -2.15. The number of hydrogen-bond acceptors (Lipinski definition) is 3. The average molecular weight is 432 g/mol. The molecule has 24 heavy (non-hydrogen) atoms. The molecule has 0 heterocycles. The monoisotopic (exact) mass is 430 g/mol. The van der Waals surface area contributed by atoms with Gasteiger partial charge in [-0.05, 0) is 43.3 Å². The minimum absolute atomic E-state index is 0. The smallest absolute Gasteiger partial charge is 0.0723 e. The fourth-order valence-electron chi connectivity index (χ4n) is 2.22. The summed E-state index contributed by atoms with van der Waals surface area (Å²) in [6.45, 7) is 2.37. The predicted molar refractivity (Wildman–Crippen MR) is 109 cm³/mol. The quantitative estimate of drug-likeness (QED) is 0.646.